The molecule has 5 heteroatoms. The van der Waals surface area contributed by atoms with Crippen LogP contribution in [0, 0.1) is 11.7 Å². The van der Waals surface area contributed by atoms with Gasteiger partial charge in [-0.1, -0.05) is 22.4 Å². The minimum absolute atomic E-state index is 0.0190. The fourth-order valence-electron chi connectivity index (χ4n) is 2.47. The molecule has 2 atom stereocenters. The summed E-state index contributed by atoms with van der Waals surface area (Å²) in [5, 5.41) is 2.80. The molecule has 104 valence electrons. The standard InChI is InChI=1S/C14H18BrFN2O/c15-11-4-5-13(16)10(6-11)8-18-14(19)9-2-1-3-12(17)7-9/h4-6,9,12H,1-3,7-8,17H2,(H,18,19). The molecule has 0 aliphatic heterocycles. The molecule has 2 unspecified atom stereocenters. The van der Waals surface area contributed by atoms with Crippen molar-refractivity contribution in [2.75, 3.05) is 0 Å². The van der Waals surface area contributed by atoms with E-state index in [0.717, 1.165) is 30.2 Å². The molecule has 0 heterocycles. The number of carbonyl (C=O) groups excluding carboxylic acids is 1. The second-order valence-electron chi connectivity index (χ2n) is 5.08. The van der Waals surface area contributed by atoms with Crippen LogP contribution in [0.3, 0.4) is 0 Å². The molecule has 1 aliphatic rings. The van der Waals surface area contributed by atoms with Crippen molar-refractivity contribution in [1.82, 2.24) is 5.32 Å². The van der Waals surface area contributed by atoms with E-state index in [1.54, 1.807) is 12.1 Å². The van der Waals surface area contributed by atoms with Crippen LogP contribution in [0.15, 0.2) is 22.7 Å². The van der Waals surface area contributed by atoms with E-state index in [0.29, 0.717) is 5.56 Å². The van der Waals surface area contributed by atoms with E-state index >= 15 is 0 Å². The lowest BCUT2D eigenvalue weighted by atomic mass is 9.85. The Bertz CT molecular complexity index is 467. The Morgan fingerprint density at radius 1 is 1.47 bits per heavy atom. The van der Waals surface area contributed by atoms with Crippen LogP contribution in [-0.2, 0) is 11.3 Å². The first-order valence-corrected chi connectivity index (χ1v) is 7.33. The number of rotatable bonds is 3. The summed E-state index contributed by atoms with van der Waals surface area (Å²) in [6.45, 7) is 0.218. The van der Waals surface area contributed by atoms with Crippen LogP contribution in [0.5, 0.6) is 0 Å². The zero-order chi connectivity index (χ0) is 13.8. The molecule has 3 nitrogen and oxygen atoms in total. The molecule has 1 fully saturated rings. The van der Waals surface area contributed by atoms with Gasteiger partial charge >= 0.3 is 0 Å². The van der Waals surface area contributed by atoms with E-state index in [1.165, 1.54) is 6.07 Å². The topological polar surface area (TPSA) is 55.1 Å². The van der Waals surface area contributed by atoms with Gasteiger partial charge in [0.2, 0.25) is 5.91 Å². The Morgan fingerprint density at radius 3 is 3.00 bits per heavy atom. The molecular formula is C14H18BrFN2O. The third kappa shape index (κ3) is 4.01. The van der Waals surface area contributed by atoms with Crippen LogP contribution in [-0.4, -0.2) is 11.9 Å². The highest BCUT2D eigenvalue weighted by molar-refractivity contribution is 9.10. The molecule has 2 rings (SSSR count). The number of halogens is 2. The lowest BCUT2D eigenvalue weighted by Crippen LogP contribution is -2.37. The molecule has 1 amide bonds. The molecule has 1 aromatic carbocycles. The number of benzene rings is 1. The minimum atomic E-state index is -0.302. The molecule has 1 aromatic rings. The molecule has 3 N–H and O–H groups in total. The van der Waals surface area contributed by atoms with Gasteiger partial charge in [0.1, 0.15) is 5.82 Å². The first-order valence-electron chi connectivity index (χ1n) is 6.53. The summed E-state index contributed by atoms with van der Waals surface area (Å²) in [6.07, 6.45) is 3.59. The molecule has 1 saturated carbocycles. The van der Waals surface area contributed by atoms with Crippen LogP contribution in [0.1, 0.15) is 31.2 Å². The van der Waals surface area contributed by atoms with Crippen LogP contribution in [0.2, 0.25) is 0 Å². The highest BCUT2D eigenvalue weighted by Crippen LogP contribution is 2.23. The summed E-state index contributed by atoms with van der Waals surface area (Å²) >= 11 is 3.29. The maximum Gasteiger partial charge on any atom is 0.223 e. The normalized spacial score (nSPS) is 23.1. The smallest absolute Gasteiger partial charge is 0.223 e. The number of hydrogen-bond acceptors (Lipinski definition) is 2. The Labute approximate surface area is 120 Å². The Hall–Kier alpha value is -0.940. The van der Waals surface area contributed by atoms with E-state index in [2.05, 4.69) is 21.2 Å². The van der Waals surface area contributed by atoms with Gasteiger partial charge in [0, 0.05) is 28.5 Å². The fourth-order valence-corrected chi connectivity index (χ4v) is 2.88. The summed E-state index contributed by atoms with van der Waals surface area (Å²) in [6, 6.07) is 4.83. The summed E-state index contributed by atoms with van der Waals surface area (Å²) in [4.78, 5) is 12.0. The monoisotopic (exact) mass is 328 g/mol. The maximum atomic E-state index is 13.5. The van der Waals surface area contributed by atoms with Gasteiger partial charge in [0.25, 0.3) is 0 Å². The number of amides is 1. The van der Waals surface area contributed by atoms with Crippen LogP contribution in [0.4, 0.5) is 4.39 Å². The second kappa shape index (κ2) is 6.48. The Balaban J connectivity index is 1.91. The predicted molar refractivity (Wildman–Crippen MR) is 75.9 cm³/mol. The van der Waals surface area contributed by atoms with E-state index in [9.17, 15) is 9.18 Å². The molecular weight excluding hydrogens is 311 g/mol. The van der Waals surface area contributed by atoms with Crippen molar-refractivity contribution in [3.05, 3.63) is 34.1 Å². The van der Waals surface area contributed by atoms with Crippen molar-refractivity contribution >= 4 is 21.8 Å². The Kier molecular flexibility index (Phi) is 4.93. The molecule has 0 bridgehead atoms. The largest absolute Gasteiger partial charge is 0.352 e. The van der Waals surface area contributed by atoms with Crippen molar-refractivity contribution < 1.29 is 9.18 Å². The van der Waals surface area contributed by atoms with E-state index in [4.69, 9.17) is 5.73 Å². The first-order chi connectivity index (χ1) is 9.06. The summed E-state index contributed by atoms with van der Waals surface area (Å²) in [5.41, 5.74) is 6.36. The lowest BCUT2D eigenvalue weighted by Gasteiger charge is -2.25. The minimum Gasteiger partial charge on any atom is -0.352 e. The SMILES string of the molecule is NC1CCCC(C(=O)NCc2cc(Br)ccc2F)C1. The number of carbonyl (C=O) groups is 1. The average Bonchev–Trinajstić information content (AvgIpc) is 2.39. The van der Waals surface area contributed by atoms with Crippen molar-refractivity contribution in [2.24, 2.45) is 11.7 Å². The zero-order valence-electron chi connectivity index (χ0n) is 10.7. The number of nitrogens with one attached hydrogen (secondary N) is 1. The van der Waals surface area contributed by atoms with Gasteiger partial charge in [-0.25, -0.2) is 4.39 Å². The van der Waals surface area contributed by atoms with Gasteiger partial charge in [0.05, 0.1) is 0 Å². The van der Waals surface area contributed by atoms with Crippen LogP contribution >= 0.6 is 15.9 Å². The van der Waals surface area contributed by atoms with Gasteiger partial charge in [0.15, 0.2) is 0 Å². The zero-order valence-corrected chi connectivity index (χ0v) is 12.2. The third-order valence-corrected chi connectivity index (χ3v) is 4.04. The van der Waals surface area contributed by atoms with E-state index < -0.39 is 0 Å². The number of hydrogen-bond donors (Lipinski definition) is 2. The molecule has 0 aromatic heterocycles. The third-order valence-electron chi connectivity index (χ3n) is 3.55. The maximum absolute atomic E-state index is 13.5. The first kappa shape index (κ1) is 14.5. The summed E-state index contributed by atoms with van der Waals surface area (Å²) in [5.74, 6) is -0.350. The molecule has 1 aliphatic carbocycles. The van der Waals surface area contributed by atoms with Crippen molar-refractivity contribution in [1.29, 1.82) is 0 Å². The molecule has 0 saturated heterocycles. The van der Waals surface area contributed by atoms with Gasteiger partial charge in [-0.05, 0) is 37.5 Å². The molecule has 0 spiro atoms. The van der Waals surface area contributed by atoms with Gasteiger partial charge in [-0.15, -0.1) is 0 Å². The van der Waals surface area contributed by atoms with Gasteiger partial charge in [-0.3, -0.25) is 4.79 Å². The summed E-state index contributed by atoms with van der Waals surface area (Å²) < 4.78 is 14.3. The highest BCUT2D eigenvalue weighted by Gasteiger charge is 2.25. The van der Waals surface area contributed by atoms with E-state index in [1.807, 2.05) is 0 Å². The number of nitrogens with two attached hydrogens (primary N) is 1. The highest BCUT2D eigenvalue weighted by atomic mass is 79.9. The predicted octanol–water partition coefficient (Wildman–Crippen LogP) is 2.72. The van der Waals surface area contributed by atoms with Gasteiger partial charge in [-0.2, -0.15) is 0 Å². The van der Waals surface area contributed by atoms with Crippen molar-refractivity contribution in [2.45, 2.75) is 38.3 Å². The van der Waals surface area contributed by atoms with Crippen molar-refractivity contribution in [3.63, 3.8) is 0 Å². The second-order valence-corrected chi connectivity index (χ2v) is 5.99. The van der Waals surface area contributed by atoms with Crippen molar-refractivity contribution in [3.8, 4) is 0 Å². The Morgan fingerprint density at radius 2 is 2.26 bits per heavy atom. The quantitative estimate of drug-likeness (QED) is 0.896. The van der Waals surface area contributed by atoms with Crippen LogP contribution < -0.4 is 11.1 Å². The molecule has 0 radical (unpaired) electrons. The fraction of sp³-hybridized carbons (Fsp3) is 0.500. The average molecular weight is 329 g/mol. The molecule has 19 heavy (non-hydrogen) atoms. The summed E-state index contributed by atoms with van der Waals surface area (Å²) in [7, 11) is 0. The van der Waals surface area contributed by atoms with Gasteiger partial charge < -0.3 is 11.1 Å². The lowest BCUT2D eigenvalue weighted by molar-refractivity contribution is -0.126. The van der Waals surface area contributed by atoms with Crippen LogP contribution in [0.25, 0.3) is 0 Å². The van der Waals surface area contributed by atoms with E-state index in [-0.39, 0.29) is 30.2 Å².